The van der Waals surface area contributed by atoms with Crippen molar-refractivity contribution in [3.05, 3.63) is 107 Å². The highest BCUT2D eigenvalue weighted by Gasteiger charge is 2.44. The molecule has 2 aromatic rings. The third kappa shape index (κ3) is 3.46. The van der Waals surface area contributed by atoms with E-state index in [0.29, 0.717) is 5.92 Å². The second-order valence-electron chi connectivity index (χ2n) is 10.1. The van der Waals surface area contributed by atoms with Crippen LogP contribution >= 0.6 is 0 Å². The number of nitrogens with one attached hydrogen (secondary N) is 1. The standard InChI is InChI=1S/C32H33N/c1-2-10-31(30-22-25-12-5-7-14-29(25)32(30)19-8-3-9-20-32)33-26-17-18-28-24(21-26)16-15-23-11-4-6-13-27(23)28/h2,4-7,11-14,16-18,21-23,31,33H,1,3,8-10,15,19-20H2. The molecule has 33 heavy (non-hydrogen) atoms. The summed E-state index contributed by atoms with van der Waals surface area (Å²) in [5.41, 5.74) is 7.41. The van der Waals surface area contributed by atoms with Crippen LogP contribution in [0.3, 0.4) is 0 Å². The molecule has 2 atom stereocenters. The first-order valence-corrected chi connectivity index (χ1v) is 12.7. The zero-order valence-electron chi connectivity index (χ0n) is 19.4. The van der Waals surface area contributed by atoms with Crippen molar-refractivity contribution in [1.29, 1.82) is 0 Å². The van der Waals surface area contributed by atoms with Gasteiger partial charge in [0.2, 0.25) is 0 Å². The number of rotatable bonds is 5. The summed E-state index contributed by atoms with van der Waals surface area (Å²) >= 11 is 0. The molecule has 4 aliphatic rings. The molecule has 1 spiro atoms. The monoisotopic (exact) mass is 431 g/mol. The summed E-state index contributed by atoms with van der Waals surface area (Å²) in [7, 11) is 0. The minimum Gasteiger partial charge on any atom is -0.378 e. The molecule has 0 heterocycles. The van der Waals surface area contributed by atoms with Gasteiger partial charge in [-0.2, -0.15) is 0 Å². The number of hydrogen-bond donors (Lipinski definition) is 1. The molecule has 0 saturated heterocycles. The van der Waals surface area contributed by atoms with Crippen molar-refractivity contribution in [2.45, 2.75) is 56.4 Å². The van der Waals surface area contributed by atoms with Gasteiger partial charge in [0.1, 0.15) is 0 Å². The van der Waals surface area contributed by atoms with Gasteiger partial charge in [-0.1, -0.05) is 92.1 Å². The molecule has 0 aromatic heterocycles. The Labute approximate surface area is 197 Å². The van der Waals surface area contributed by atoms with E-state index in [1.165, 1.54) is 59.4 Å². The summed E-state index contributed by atoms with van der Waals surface area (Å²) in [6, 6.07) is 16.3. The van der Waals surface area contributed by atoms with E-state index in [9.17, 15) is 0 Å². The van der Waals surface area contributed by atoms with Crippen LogP contribution in [0.25, 0.3) is 17.7 Å². The lowest BCUT2D eigenvalue weighted by Gasteiger charge is -2.41. The topological polar surface area (TPSA) is 12.0 Å². The van der Waals surface area contributed by atoms with Gasteiger partial charge < -0.3 is 5.32 Å². The molecule has 4 aliphatic carbocycles. The minimum absolute atomic E-state index is 0.193. The third-order valence-electron chi connectivity index (χ3n) is 8.25. The van der Waals surface area contributed by atoms with Crippen LogP contribution in [-0.2, 0) is 5.41 Å². The van der Waals surface area contributed by atoms with E-state index >= 15 is 0 Å². The maximum atomic E-state index is 4.12. The largest absolute Gasteiger partial charge is 0.378 e. The Balaban J connectivity index is 1.37. The second-order valence-corrected chi connectivity index (χ2v) is 10.1. The average molecular weight is 432 g/mol. The van der Waals surface area contributed by atoms with E-state index in [2.05, 4.69) is 96.9 Å². The molecule has 1 heteroatoms. The Morgan fingerprint density at radius 2 is 1.94 bits per heavy atom. The predicted molar refractivity (Wildman–Crippen MR) is 141 cm³/mol. The van der Waals surface area contributed by atoms with Gasteiger partial charge in [-0.15, -0.1) is 6.58 Å². The number of allylic oxidation sites excluding steroid dienone is 4. The molecule has 0 aliphatic heterocycles. The summed E-state index contributed by atoms with van der Waals surface area (Å²) in [6.07, 6.45) is 24.5. The minimum atomic E-state index is 0.193. The molecule has 166 valence electrons. The number of anilines is 1. The molecule has 1 saturated carbocycles. The summed E-state index contributed by atoms with van der Waals surface area (Å²) in [4.78, 5) is 0. The van der Waals surface area contributed by atoms with Crippen LogP contribution in [0.1, 0.15) is 56.1 Å². The van der Waals surface area contributed by atoms with Crippen LogP contribution in [0.15, 0.2) is 85.0 Å². The maximum Gasteiger partial charge on any atom is 0.0520 e. The quantitative estimate of drug-likeness (QED) is 0.539. The second kappa shape index (κ2) is 8.37. The Morgan fingerprint density at radius 1 is 1.06 bits per heavy atom. The van der Waals surface area contributed by atoms with Crippen molar-refractivity contribution in [1.82, 2.24) is 0 Å². The van der Waals surface area contributed by atoms with Crippen molar-refractivity contribution in [3.63, 3.8) is 0 Å². The summed E-state index contributed by atoms with van der Waals surface area (Å²) < 4.78 is 0. The molecule has 1 N–H and O–H groups in total. The number of fused-ring (bicyclic) bond motifs is 4. The first-order valence-electron chi connectivity index (χ1n) is 12.7. The first-order chi connectivity index (χ1) is 16.3. The molecular formula is C32H33N. The van der Waals surface area contributed by atoms with E-state index in [0.717, 1.165) is 12.8 Å². The Kier molecular flexibility index (Phi) is 5.21. The molecule has 0 radical (unpaired) electrons. The maximum absolute atomic E-state index is 4.12. The van der Waals surface area contributed by atoms with Crippen LogP contribution < -0.4 is 15.8 Å². The van der Waals surface area contributed by atoms with Crippen LogP contribution in [0, 0.1) is 5.92 Å². The Hall–Kier alpha value is -3.06. The van der Waals surface area contributed by atoms with E-state index in [4.69, 9.17) is 0 Å². The summed E-state index contributed by atoms with van der Waals surface area (Å²) in [5, 5.41) is 6.69. The highest BCUT2D eigenvalue weighted by Crippen LogP contribution is 2.52. The molecule has 2 aromatic carbocycles. The summed E-state index contributed by atoms with van der Waals surface area (Å²) in [6.45, 7) is 4.12. The zero-order chi connectivity index (χ0) is 22.3. The molecule has 2 unspecified atom stereocenters. The lowest BCUT2D eigenvalue weighted by atomic mass is 9.65. The SMILES string of the molecule is C=CCC(Nc1ccc2c(c1)=CCC1C=CC=CC=21)C1=Cc2ccccc2C12CCCCC2. The average Bonchev–Trinajstić information content (AvgIpc) is 3.17. The van der Waals surface area contributed by atoms with Gasteiger partial charge in [-0.05, 0) is 70.5 Å². The lowest BCUT2D eigenvalue weighted by molar-refractivity contribution is 0.334. The van der Waals surface area contributed by atoms with E-state index < -0.39 is 0 Å². The summed E-state index contributed by atoms with van der Waals surface area (Å²) in [5.74, 6) is 0.531. The van der Waals surface area contributed by atoms with Crippen LogP contribution in [-0.4, -0.2) is 6.04 Å². The van der Waals surface area contributed by atoms with Crippen molar-refractivity contribution in [2.24, 2.45) is 5.92 Å². The van der Waals surface area contributed by atoms with Gasteiger partial charge >= 0.3 is 0 Å². The number of hydrogen-bond acceptors (Lipinski definition) is 1. The molecule has 1 nitrogen and oxygen atoms in total. The van der Waals surface area contributed by atoms with Crippen molar-refractivity contribution in [3.8, 4) is 0 Å². The molecule has 0 amide bonds. The first kappa shape index (κ1) is 20.5. The smallest absolute Gasteiger partial charge is 0.0520 e. The highest BCUT2D eigenvalue weighted by molar-refractivity contribution is 5.72. The van der Waals surface area contributed by atoms with Gasteiger partial charge in [-0.25, -0.2) is 0 Å². The fraction of sp³-hybridized carbons (Fsp3) is 0.312. The fourth-order valence-electron chi connectivity index (χ4n) is 6.72. The van der Waals surface area contributed by atoms with E-state index in [-0.39, 0.29) is 11.5 Å². The number of benzene rings is 2. The highest BCUT2D eigenvalue weighted by atomic mass is 14.9. The fourth-order valence-corrected chi connectivity index (χ4v) is 6.72. The molecule has 0 bridgehead atoms. The lowest BCUT2D eigenvalue weighted by Crippen LogP contribution is -2.38. The Bertz CT molecular complexity index is 1300. The van der Waals surface area contributed by atoms with E-state index in [1.54, 1.807) is 11.1 Å². The normalized spacial score (nSPS) is 22.6. The Morgan fingerprint density at radius 3 is 2.82 bits per heavy atom. The van der Waals surface area contributed by atoms with Crippen molar-refractivity contribution < 1.29 is 0 Å². The van der Waals surface area contributed by atoms with Crippen molar-refractivity contribution >= 4 is 23.4 Å². The van der Waals surface area contributed by atoms with Gasteiger partial charge in [0.25, 0.3) is 0 Å². The molecule has 1 fully saturated rings. The van der Waals surface area contributed by atoms with E-state index in [1.807, 2.05) is 0 Å². The van der Waals surface area contributed by atoms with Gasteiger partial charge in [0, 0.05) is 17.0 Å². The predicted octanol–water partition coefficient (Wildman–Crippen LogP) is 6.42. The van der Waals surface area contributed by atoms with Gasteiger partial charge in [0.05, 0.1) is 6.04 Å². The molecular weight excluding hydrogens is 398 g/mol. The van der Waals surface area contributed by atoms with Crippen molar-refractivity contribution in [2.75, 3.05) is 5.32 Å². The third-order valence-corrected chi connectivity index (χ3v) is 8.25. The van der Waals surface area contributed by atoms with Crippen LogP contribution in [0.2, 0.25) is 0 Å². The van der Waals surface area contributed by atoms with Crippen LogP contribution in [0.5, 0.6) is 0 Å². The van der Waals surface area contributed by atoms with Gasteiger partial charge in [0.15, 0.2) is 0 Å². The zero-order valence-corrected chi connectivity index (χ0v) is 19.4. The van der Waals surface area contributed by atoms with Crippen LogP contribution in [0.4, 0.5) is 5.69 Å². The molecule has 6 rings (SSSR count). The van der Waals surface area contributed by atoms with Gasteiger partial charge in [-0.3, -0.25) is 0 Å².